The minimum atomic E-state index is -2.21. The zero-order valence-corrected chi connectivity index (χ0v) is 46.7. The van der Waals surface area contributed by atoms with Gasteiger partial charge in [0.2, 0.25) is 5.91 Å². The number of rotatable bonds is 5. The van der Waals surface area contributed by atoms with Crippen LogP contribution in [0.25, 0.3) is 0 Å². The van der Waals surface area contributed by atoms with Gasteiger partial charge in [-0.25, -0.2) is 0 Å². The molecule has 3 fully saturated rings. The number of Topliss-reactive ketones (excluding diaryl/α,β-unsaturated/α-hetero) is 1. The molecule has 6 aliphatic rings. The SMILES string of the molecule is C=C1C=CC=C(C2C3CCCC4(O)CCC5=C(C)C(=O)Cc6cccc7c6C(NCC(O)C(C(CN=C(N)N)c6ccc(O)cc6)Cc6cccc(c6)CC(O)CCC5C4(C3)C2O)C(=O)NC7N)COCC#CCC(C)=CCC1(O)O. The third-order valence-electron chi connectivity index (χ3n) is 18.8. The van der Waals surface area contributed by atoms with Gasteiger partial charge in [-0.05, 0) is 146 Å². The molecule has 4 bridgehead atoms. The lowest BCUT2D eigenvalue weighted by Crippen LogP contribution is -2.61. The predicted octanol–water partition coefficient (Wildman–Crippen LogP) is 5.30. The van der Waals surface area contributed by atoms with Crippen molar-refractivity contribution in [2.24, 2.45) is 51.3 Å². The number of aliphatic hydroxyl groups excluding tert-OH is 3. The van der Waals surface area contributed by atoms with E-state index in [-0.39, 0.29) is 81.0 Å². The van der Waals surface area contributed by atoms with E-state index in [4.69, 9.17) is 21.9 Å². The zero-order valence-electron chi connectivity index (χ0n) is 46.7. The maximum Gasteiger partial charge on any atom is 0.243 e. The Morgan fingerprint density at radius 2 is 1.70 bits per heavy atom. The number of ketones is 1. The second kappa shape index (κ2) is 25.1. The molecule has 3 heterocycles. The number of nitrogens with one attached hydrogen (secondary N) is 2. The van der Waals surface area contributed by atoms with E-state index in [1.807, 2.05) is 62.4 Å². The Kier molecular flexibility index (Phi) is 18.4. The molecule has 3 saturated carbocycles. The summed E-state index contributed by atoms with van der Waals surface area (Å²) in [6.45, 7) is 7.96. The normalized spacial score (nSPS) is 31.8. The molecule has 3 aliphatic carbocycles. The Hall–Kier alpha value is -6.23. The van der Waals surface area contributed by atoms with Crippen molar-refractivity contribution in [1.82, 2.24) is 10.6 Å². The van der Waals surface area contributed by atoms with Crippen molar-refractivity contribution < 1.29 is 50.1 Å². The highest BCUT2D eigenvalue weighted by molar-refractivity contribution is 5.98. The van der Waals surface area contributed by atoms with E-state index in [0.717, 1.165) is 39.8 Å². The standard InChI is InChI=1S/C65H82N6O10/c1-38-10-4-5-29-81-37-46(15-6-11-39(2)65(79,80)28-24-38)56-45-16-9-26-63(78)27-25-49-40(3)54(74)33-44-14-8-17-50-57(44)58(61(77)71-60(50)66)69-36-55(75)51(52(35-70-62(67)68)43-18-20-47(72)21-19-43)32-42-13-7-12-41(30-42)31-48(73)22-23-53(49)64(63,34-45)59(56)76/h6-8,11-15,17-21,24,30,45,48,51-53,55-56,58-60,69,72-73,75-76,78-80H,2,9-10,16,22-23,25-29,31-37,66H2,1,3H3,(H,71,77)(H4,67,68,70). The fraction of sp³-hybridized carbons (Fsp3) is 0.492. The molecule has 16 heteroatoms. The number of allylic oxidation sites excluding steroid dienone is 5. The molecule has 9 rings (SSSR count). The Morgan fingerprint density at radius 1 is 0.951 bits per heavy atom. The van der Waals surface area contributed by atoms with Crippen LogP contribution < -0.4 is 27.8 Å². The van der Waals surface area contributed by atoms with Gasteiger partial charge in [-0.1, -0.05) is 115 Å². The van der Waals surface area contributed by atoms with Crippen LogP contribution >= 0.6 is 0 Å². The number of aliphatic imine (C=N–C) groups is 1. The van der Waals surface area contributed by atoms with Crippen LogP contribution in [0.2, 0.25) is 0 Å². The van der Waals surface area contributed by atoms with Crippen molar-refractivity contribution >= 4 is 17.6 Å². The topological polar surface area (TPSA) is 299 Å². The van der Waals surface area contributed by atoms with Gasteiger partial charge in [-0.3, -0.25) is 19.9 Å². The van der Waals surface area contributed by atoms with Gasteiger partial charge in [-0.15, -0.1) is 0 Å². The summed E-state index contributed by atoms with van der Waals surface area (Å²) in [6.07, 6.45) is 7.41. The second-order valence-corrected chi connectivity index (χ2v) is 23.8. The molecule has 1 amide bonds. The first-order valence-corrected chi connectivity index (χ1v) is 28.7. The molecule has 12 unspecified atom stereocenters. The number of benzene rings is 3. The maximum atomic E-state index is 15.3. The molecular formula is C65H82N6O10. The van der Waals surface area contributed by atoms with E-state index in [9.17, 15) is 40.5 Å². The first kappa shape index (κ1) is 59.4. The van der Waals surface area contributed by atoms with Crippen LogP contribution in [0.15, 0.2) is 130 Å². The number of carbonyl (C=O) groups is 2. The molecule has 432 valence electrons. The summed E-state index contributed by atoms with van der Waals surface area (Å²) < 4.78 is 6.25. The van der Waals surface area contributed by atoms with Gasteiger partial charge in [0, 0.05) is 55.2 Å². The Bertz CT molecular complexity index is 3060. The van der Waals surface area contributed by atoms with Gasteiger partial charge in [0.15, 0.2) is 17.5 Å². The molecule has 15 N–H and O–H groups in total. The van der Waals surface area contributed by atoms with Crippen LogP contribution in [0, 0.1) is 40.9 Å². The van der Waals surface area contributed by atoms with Crippen molar-refractivity contribution in [3.8, 4) is 17.6 Å². The van der Waals surface area contributed by atoms with Crippen molar-refractivity contribution in [1.29, 1.82) is 0 Å². The summed E-state index contributed by atoms with van der Waals surface area (Å²) in [7, 11) is 0. The van der Waals surface area contributed by atoms with E-state index in [1.54, 1.807) is 42.5 Å². The van der Waals surface area contributed by atoms with Gasteiger partial charge < -0.3 is 63.0 Å². The summed E-state index contributed by atoms with van der Waals surface area (Å²) in [5, 5.41) is 90.1. The van der Waals surface area contributed by atoms with Crippen LogP contribution in [-0.4, -0.2) is 109 Å². The lowest BCUT2D eigenvalue weighted by atomic mass is 9.51. The predicted molar refractivity (Wildman–Crippen MR) is 310 cm³/mol. The highest BCUT2D eigenvalue weighted by atomic mass is 16.5. The number of ether oxygens (including phenoxy) is 1. The summed E-state index contributed by atoms with van der Waals surface area (Å²) in [6, 6.07) is 19.0. The van der Waals surface area contributed by atoms with Crippen LogP contribution in [0.5, 0.6) is 5.75 Å². The third-order valence-corrected chi connectivity index (χ3v) is 18.8. The van der Waals surface area contributed by atoms with E-state index >= 15 is 4.79 Å². The van der Waals surface area contributed by atoms with Crippen LogP contribution in [0.3, 0.4) is 0 Å². The second-order valence-electron chi connectivity index (χ2n) is 23.8. The third kappa shape index (κ3) is 12.7. The molecular weight excluding hydrogens is 1020 g/mol. The maximum absolute atomic E-state index is 15.3. The molecule has 12 atom stereocenters. The van der Waals surface area contributed by atoms with E-state index in [1.165, 1.54) is 0 Å². The summed E-state index contributed by atoms with van der Waals surface area (Å²) in [5.74, 6) is 1.11. The molecule has 0 aromatic heterocycles. The van der Waals surface area contributed by atoms with E-state index < -0.39 is 76.9 Å². The number of aliphatic hydroxyl groups is 6. The van der Waals surface area contributed by atoms with Crippen LogP contribution in [0.4, 0.5) is 0 Å². The first-order valence-electron chi connectivity index (χ1n) is 28.7. The first-order chi connectivity index (χ1) is 38.7. The zero-order chi connectivity index (χ0) is 57.8. The number of guanidine groups is 1. The fourth-order valence-corrected chi connectivity index (χ4v) is 14.6. The summed E-state index contributed by atoms with van der Waals surface area (Å²) >= 11 is 0. The summed E-state index contributed by atoms with van der Waals surface area (Å²) in [5.41, 5.74) is 23.3. The molecule has 0 radical (unpaired) electrons. The van der Waals surface area contributed by atoms with Gasteiger partial charge >= 0.3 is 0 Å². The number of β-amino-alcohol motifs (C(OH)–C–C–N with tert-alkyl or cyclic N) is 1. The van der Waals surface area contributed by atoms with E-state index in [0.29, 0.717) is 73.6 Å². The Balaban J connectivity index is 1.14. The number of amides is 1. The lowest BCUT2D eigenvalue weighted by molar-refractivity contribution is -0.181. The van der Waals surface area contributed by atoms with E-state index in [2.05, 4.69) is 34.0 Å². The minimum absolute atomic E-state index is 0.0658. The number of phenolic OH excluding ortho intramolecular Hbond substituents is 1. The van der Waals surface area contributed by atoms with Crippen molar-refractivity contribution in [3.05, 3.63) is 159 Å². The molecule has 16 nitrogen and oxygen atoms in total. The number of nitrogens with zero attached hydrogens (tertiary/aromatic N) is 1. The van der Waals surface area contributed by atoms with Crippen molar-refractivity contribution in [2.75, 3.05) is 26.3 Å². The van der Waals surface area contributed by atoms with Crippen LogP contribution in [0.1, 0.15) is 130 Å². The average Bonchev–Trinajstić information content (AvgIpc) is 3.36. The number of fused-ring (bicyclic) bond motifs is 4. The monoisotopic (exact) mass is 1110 g/mol. The lowest BCUT2D eigenvalue weighted by Gasteiger charge is -2.57. The summed E-state index contributed by atoms with van der Waals surface area (Å²) in [4.78, 5) is 33.9. The smallest absolute Gasteiger partial charge is 0.243 e. The van der Waals surface area contributed by atoms with Crippen molar-refractivity contribution in [2.45, 2.75) is 145 Å². The van der Waals surface area contributed by atoms with Gasteiger partial charge in [-0.2, -0.15) is 0 Å². The molecule has 1 spiro atoms. The molecule has 0 saturated heterocycles. The molecule has 3 aliphatic heterocycles. The highest BCUT2D eigenvalue weighted by Crippen LogP contribution is 2.68. The minimum Gasteiger partial charge on any atom is -0.508 e. The Morgan fingerprint density at radius 3 is 2.47 bits per heavy atom. The van der Waals surface area contributed by atoms with Gasteiger partial charge in [0.1, 0.15) is 24.6 Å². The quantitative estimate of drug-likeness (QED) is 0.0508. The fourth-order valence-electron chi connectivity index (χ4n) is 14.6. The molecule has 3 aromatic carbocycles. The number of hydrogen-bond acceptors (Lipinski definition) is 13. The average molecular weight is 1110 g/mol. The number of aromatic hydroxyl groups is 1. The van der Waals surface area contributed by atoms with Gasteiger partial charge in [0.05, 0.1) is 30.5 Å². The van der Waals surface area contributed by atoms with Crippen LogP contribution in [-0.2, 0) is 33.6 Å². The number of phenols is 1. The van der Waals surface area contributed by atoms with Gasteiger partial charge in [0.25, 0.3) is 0 Å². The number of carbonyl (C=O) groups excluding carboxylic acids is 2. The number of nitrogens with two attached hydrogens (primary N) is 3. The van der Waals surface area contributed by atoms with Crippen molar-refractivity contribution in [3.63, 3.8) is 0 Å². The Labute approximate surface area is 475 Å². The highest BCUT2D eigenvalue weighted by Gasteiger charge is 2.69. The molecule has 3 aromatic rings. The number of hydrogen-bond donors (Lipinski definition) is 12. The largest absolute Gasteiger partial charge is 0.508 e. The molecule has 81 heavy (non-hydrogen) atoms.